The Bertz CT molecular complexity index is 747. The van der Waals surface area contributed by atoms with Gasteiger partial charge in [-0.1, -0.05) is 42.5 Å². The van der Waals surface area contributed by atoms with E-state index in [1.807, 2.05) is 53.4 Å². The van der Waals surface area contributed by atoms with Crippen molar-refractivity contribution in [3.63, 3.8) is 0 Å². The van der Waals surface area contributed by atoms with Crippen molar-refractivity contribution in [1.82, 2.24) is 9.80 Å². The smallest absolute Gasteiger partial charge is 0.253 e. The van der Waals surface area contributed by atoms with E-state index in [1.54, 1.807) is 0 Å². The molecule has 2 aromatic rings. The van der Waals surface area contributed by atoms with E-state index >= 15 is 0 Å². The summed E-state index contributed by atoms with van der Waals surface area (Å²) >= 11 is 0. The molecular weight excluding hydrogens is 312 g/mol. The molecule has 0 bridgehead atoms. The second-order valence-corrected chi connectivity index (χ2v) is 6.96. The molecule has 25 heavy (non-hydrogen) atoms. The van der Waals surface area contributed by atoms with Gasteiger partial charge in [0.05, 0.1) is 6.10 Å². The van der Waals surface area contributed by atoms with E-state index in [1.165, 1.54) is 5.56 Å². The summed E-state index contributed by atoms with van der Waals surface area (Å²) in [6.07, 6.45) is 1.41. The number of carbonyl (C=O) groups is 1. The maximum atomic E-state index is 12.7. The highest BCUT2D eigenvalue weighted by atomic mass is 16.3. The zero-order chi connectivity index (χ0) is 17.2. The van der Waals surface area contributed by atoms with E-state index in [-0.39, 0.29) is 11.9 Å². The first-order valence-corrected chi connectivity index (χ1v) is 9.08. The molecule has 1 aliphatic carbocycles. The second-order valence-electron chi connectivity index (χ2n) is 6.96. The molecule has 1 aliphatic heterocycles. The van der Waals surface area contributed by atoms with Crippen LogP contribution < -0.4 is 0 Å². The minimum Gasteiger partial charge on any atom is -0.387 e. The first kappa shape index (κ1) is 16.3. The molecule has 2 aliphatic rings. The van der Waals surface area contributed by atoms with Gasteiger partial charge in [0.1, 0.15) is 0 Å². The van der Waals surface area contributed by atoms with Crippen LogP contribution in [0.3, 0.4) is 0 Å². The molecule has 2 atom stereocenters. The minimum absolute atomic E-state index is 0.109. The SMILES string of the molecule is O=C(c1ccccc1)N1CCCN(C2Cc3ccccc3C2O)CC1. The highest BCUT2D eigenvalue weighted by Gasteiger charge is 2.35. The summed E-state index contributed by atoms with van der Waals surface area (Å²) in [5, 5.41) is 10.7. The molecule has 0 aromatic heterocycles. The first-order chi connectivity index (χ1) is 12.2. The summed E-state index contributed by atoms with van der Waals surface area (Å²) in [6.45, 7) is 3.23. The summed E-state index contributed by atoms with van der Waals surface area (Å²) in [5.74, 6) is 0.109. The van der Waals surface area contributed by atoms with Gasteiger partial charge in [0.25, 0.3) is 5.91 Å². The predicted octanol–water partition coefficient (Wildman–Crippen LogP) is 2.49. The summed E-state index contributed by atoms with van der Waals surface area (Å²) in [5.41, 5.74) is 3.07. The number of nitrogens with zero attached hydrogens (tertiary/aromatic N) is 2. The number of rotatable bonds is 2. The van der Waals surface area contributed by atoms with E-state index in [4.69, 9.17) is 0 Å². The molecule has 0 saturated carbocycles. The molecule has 0 radical (unpaired) electrons. The van der Waals surface area contributed by atoms with Gasteiger partial charge < -0.3 is 10.0 Å². The molecule has 2 aromatic carbocycles. The maximum absolute atomic E-state index is 12.7. The Balaban J connectivity index is 1.43. The number of amides is 1. The van der Waals surface area contributed by atoms with Crippen molar-refractivity contribution in [1.29, 1.82) is 0 Å². The fourth-order valence-electron chi connectivity index (χ4n) is 4.12. The highest BCUT2D eigenvalue weighted by Crippen LogP contribution is 2.34. The van der Waals surface area contributed by atoms with E-state index in [0.717, 1.165) is 43.6 Å². The Morgan fingerprint density at radius 3 is 2.48 bits per heavy atom. The van der Waals surface area contributed by atoms with Crippen LogP contribution in [0.25, 0.3) is 0 Å². The number of aliphatic hydroxyl groups is 1. The molecule has 4 nitrogen and oxygen atoms in total. The van der Waals surface area contributed by atoms with Crippen molar-refractivity contribution in [3.8, 4) is 0 Å². The second kappa shape index (κ2) is 6.98. The Hall–Kier alpha value is -2.17. The van der Waals surface area contributed by atoms with Crippen molar-refractivity contribution < 1.29 is 9.90 Å². The van der Waals surface area contributed by atoms with Crippen LogP contribution in [0.15, 0.2) is 54.6 Å². The quantitative estimate of drug-likeness (QED) is 0.916. The molecule has 2 unspecified atom stereocenters. The predicted molar refractivity (Wildman–Crippen MR) is 97.4 cm³/mol. The number of hydrogen-bond acceptors (Lipinski definition) is 3. The summed E-state index contributed by atoms with van der Waals surface area (Å²) in [6, 6.07) is 17.8. The molecule has 130 valence electrons. The Kier molecular flexibility index (Phi) is 4.55. The third-order valence-electron chi connectivity index (χ3n) is 5.47. The van der Waals surface area contributed by atoms with Gasteiger partial charge in [-0.15, -0.1) is 0 Å². The zero-order valence-corrected chi connectivity index (χ0v) is 14.3. The third kappa shape index (κ3) is 3.20. The summed E-state index contributed by atoms with van der Waals surface area (Å²) < 4.78 is 0. The average molecular weight is 336 g/mol. The molecule has 1 saturated heterocycles. The fourth-order valence-corrected chi connectivity index (χ4v) is 4.12. The van der Waals surface area contributed by atoms with E-state index in [0.29, 0.717) is 6.54 Å². The van der Waals surface area contributed by atoms with Gasteiger partial charge in [0, 0.05) is 37.8 Å². The Labute approximate surface area is 148 Å². The lowest BCUT2D eigenvalue weighted by molar-refractivity contribution is 0.0605. The van der Waals surface area contributed by atoms with Crippen LogP contribution in [-0.2, 0) is 6.42 Å². The molecule has 1 amide bonds. The van der Waals surface area contributed by atoms with Gasteiger partial charge in [0.15, 0.2) is 0 Å². The van der Waals surface area contributed by atoms with Crippen molar-refractivity contribution in [2.24, 2.45) is 0 Å². The van der Waals surface area contributed by atoms with E-state index in [2.05, 4.69) is 11.0 Å². The third-order valence-corrected chi connectivity index (χ3v) is 5.47. The highest BCUT2D eigenvalue weighted by molar-refractivity contribution is 5.94. The standard InChI is InChI=1S/C21H24N2O2/c24-20-18-10-5-4-9-17(18)15-19(20)22-11-6-12-23(14-13-22)21(25)16-7-2-1-3-8-16/h1-5,7-10,19-20,24H,6,11-15H2. The lowest BCUT2D eigenvalue weighted by Gasteiger charge is -2.30. The van der Waals surface area contributed by atoms with Crippen molar-refractivity contribution in [2.45, 2.75) is 25.0 Å². The number of hydrogen-bond donors (Lipinski definition) is 1. The van der Waals surface area contributed by atoms with Gasteiger partial charge in [-0.3, -0.25) is 9.69 Å². The molecule has 1 N–H and O–H groups in total. The lowest BCUT2D eigenvalue weighted by atomic mass is 10.1. The number of aliphatic hydroxyl groups excluding tert-OH is 1. The molecule has 1 heterocycles. The van der Waals surface area contributed by atoms with Gasteiger partial charge in [0.2, 0.25) is 0 Å². The largest absolute Gasteiger partial charge is 0.387 e. The number of fused-ring (bicyclic) bond motifs is 1. The molecule has 0 spiro atoms. The van der Waals surface area contributed by atoms with Crippen molar-refractivity contribution in [3.05, 3.63) is 71.3 Å². The first-order valence-electron chi connectivity index (χ1n) is 9.08. The van der Waals surface area contributed by atoms with Crippen LogP contribution in [0.2, 0.25) is 0 Å². The lowest BCUT2D eigenvalue weighted by Crippen LogP contribution is -2.41. The van der Waals surface area contributed by atoms with E-state index < -0.39 is 6.10 Å². The van der Waals surface area contributed by atoms with E-state index in [9.17, 15) is 9.90 Å². The van der Waals surface area contributed by atoms with Crippen molar-refractivity contribution >= 4 is 5.91 Å². The Morgan fingerprint density at radius 1 is 0.920 bits per heavy atom. The van der Waals surface area contributed by atoms with Crippen LogP contribution >= 0.6 is 0 Å². The van der Waals surface area contributed by atoms with Crippen molar-refractivity contribution in [2.75, 3.05) is 26.2 Å². The molecule has 1 fully saturated rings. The van der Waals surface area contributed by atoms with Crippen LogP contribution in [0.5, 0.6) is 0 Å². The zero-order valence-electron chi connectivity index (χ0n) is 14.3. The van der Waals surface area contributed by atoms with Crippen LogP contribution in [0.1, 0.15) is 34.0 Å². The molecular formula is C21H24N2O2. The molecule has 4 heteroatoms. The fraction of sp³-hybridized carbons (Fsp3) is 0.381. The number of carbonyl (C=O) groups excluding carboxylic acids is 1. The maximum Gasteiger partial charge on any atom is 0.253 e. The van der Waals surface area contributed by atoms with Gasteiger partial charge in [-0.05, 0) is 36.1 Å². The van der Waals surface area contributed by atoms with Crippen LogP contribution in [0, 0.1) is 0 Å². The topological polar surface area (TPSA) is 43.8 Å². The van der Waals surface area contributed by atoms with Gasteiger partial charge in [-0.25, -0.2) is 0 Å². The average Bonchev–Trinajstić information content (AvgIpc) is 2.84. The minimum atomic E-state index is -0.424. The normalized spacial score (nSPS) is 24.0. The Morgan fingerprint density at radius 2 is 1.68 bits per heavy atom. The molecule has 4 rings (SSSR count). The monoisotopic (exact) mass is 336 g/mol. The van der Waals surface area contributed by atoms with Crippen LogP contribution in [0.4, 0.5) is 0 Å². The summed E-state index contributed by atoms with van der Waals surface area (Å²) in [4.78, 5) is 17.0. The summed E-state index contributed by atoms with van der Waals surface area (Å²) in [7, 11) is 0. The van der Waals surface area contributed by atoms with Gasteiger partial charge >= 0.3 is 0 Å². The van der Waals surface area contributed by atoms with Gasteiger partial charge in [-0.2, -0.15) is 0 Å². The van der Waals surface area contributed by atoms with Crippen LogP contribution in [-0.4, -0.2) is 53.0 Å². The number of benzene rings is 2.